The molecule has 3 heterocycles. The molecule has 0 radical (unpaired) electrons. The van der Waals surface area contributed by atoms with Crippen molar-refractivity contribution in [1.29, 1.82) is 0 Å². The number of benzene rings is 1. The van der Waals surface area contributed by atoms with Crippen LogP contribution in [0.2, 0.25) is 0 Å². The van der Waals surface area contributed by atoms with E-state index in [4.69, 9.17) is 0 Å². The Morgan fingerprint density at radius 1 is 1.33 bits per heavy atom. The second-order valence-electron chi connectivity index (χ2n) is 8.17. The van der Waals surface area contributed by atoms with Crippen LogP contribution in [-0.4, -0.2) is 62.7 Å². The lowest BCUT2D eigenvalue weighted by atomic mass is 9.92. The molecule has 30 heavy (non-hydrogen) atoms. The van der Waals surface area contributed by atoms with Crippen molar-refractivity contribution in [3.8, 4) is 0 Å². The molecule has 1 amide bonds. The number of likely N-dealkylation sites (N-methyl/N-ethyl adjacent to an activating group) is 1. The number of hydrogen-bond donors (Lipinski definition) is 1. The standard InChI is InChI=1S/C22H26FN5O2/c1-15-25-18-11-16(5-7-19(18)27(15)3)21(29)26(2)13-22(30)9-4-10-28(14-22)20-8-6-17(23)12-24-20/h5-8,11-12,30H,4,9-10,13-14H2,1-3H3/t22-/m0/s1. The van der Waals surface area contributed by atoms with Crippen LogP contribution in [0.3, 0.4) is 0 Å². The van der Waals surface area contributed by atoms with E-state index in [0.717, 1.165) is 29.8 Å². The average molecular weight is 411 g/mol. The van der Waals surface area contributed by atoms with Gasteiger partial charge in [-0.05, 0) is 50.1 Å². The predicted octanol–water partition coefficient (Wildman–Crippen LogP) is 2.52. The molecule has 1 saturated heterocycles. The first kappa shape index (κ1) is 20.3. The van der Waals surface area contributed by atoms with Crippen LogP contribution >= 0.6 is 0 Å². The van der Waals surface area contributed by atoms with E-state index in [-0.39, 0.29) is 12.5 Å². The van der Waals surface area contributed by atoms with Crippen molar-refractivity contribution in [2.24, 2.45) is 7.05 Å². The third-order valence-corrected chi connectivity index (χ3v) is 5.82. The molecule has 1 fully saturated rings. The smallest absolute Gasteiger partial charge is 0.253 e. The number of hydrogen-bond acceptors (Lipinski definition) is 5. The van der Waals surface area contributed by atoms with Gasteiger partial charge in [0.1, 0.15) is 17.5 Å². The zero-order valence-electron chi connectivity index (χ0n) is 17.5. The Balaban J connectivity index is 1.48. The molecule has 1 aliphatic heterocycles. The number of fused-ring (bicyclic) bond motifs is 1. The summed E-state index contributed by atoms with van der Waals surface area (Å²) in [7, 11) is 3.64. The number of imidazole rings is 1. The van der Waals surface area contributed by atoms with Crippen LogP contribution in [0.5, 0.6) is 0 Å². The Morgan fingerprint density at radius 3 is 2.87 bits per heavy atom. The number of aromatic nitrogens is 3. The number of halogens is 1. The summed E-state index contributed by atoms with van der Waals surface area (Å²) < 4.78 is 15.2. The molecule has 0 unspecified atom stereocenters. The fourth-order valence-corrected chi connectivity index (χ4v) is 4.18. The minimum Gasteiger partial charge on any atom is -0.386 e. The maximum atomic E-state index is 13.2. The highest BCUT2D eigenvalue weighted by atomic mass is 19.1. The highest BCUT2D eigenvalue weighted by Gasteiger charge is 2.36. The van der Waals surface area contributed by atoms with Gasteiger partial charge < -0.3 is 19.5 Å². The van der Waals surface area contributed by atoms with Crippen molar-refractivity contribution in [2.45, 2.75) is 25.4 Å². The van der Waals surface area contributed by atoms with Crippen molar-refractivity contribution < 1.29 is 14.3 Å². The van der Waals surface area contributed by atoms with Crippen molar-refractivity contribution in [2.75, 3.05) is 31.6 Å². The predicted molar refractivity (Wildman–Crippen MR) is 113 cm³/mol. The molecule has 1 aromatic carbocycles. The number of aryl methyl sites for hydroxylation is 2. The summed E-state index contributed by atoms with van der Waals surface area (Å²) in [4.78, 5) is 25.1. The maximum absolute atomic E-state index is 13.2. The van der Waals surface area contributed by atoms with Gasteiger partial charge in [0.05, 0.1) is 29.4 Å². The lowest BCUT2D eigenvalue weighted by molar-refractivity contribution is -0.000130. The van der Waals surface area contributed by atoms with Crippen LogP contribution in [0.15, 0.2) is 36.5 Å². The fourth-order valence-electron chi connectivity index (χ4n) is 4.18. The van der Waals surface area contributed by atoms with E-state index >= 15 is 0 Å². The molecule has 7 nitrogen and oxygen atoms in total. The van der Waals surface area contributed by atoms with Gasteiger partial charge in [0.15, 0.2) is 0 Å². The van der Waals surface area contributed by atoms with E-state index < -0.39 is 11.4 Å². The van der Waals surface area contributed by atoms with Crippen LogP contribution in [0.1, 0.15) is 29.0 Å². The third kappa shape index (κ3) is 3.87. The first-order valence-electron chi connectivity index (χ1n) is 10.0. The van der Waals surface area contributed by atoms with Crippen molar-refractivity contribution in [3.05, 3.63) is 53.7 Å². The minimum absolute atomic E-state index is 0.161. The molecular formula is C22H26FN5O2. The van der Waals surface area contributed by atoms with Crippen LogP contribution in [0.25, 0.3) is 11.0 Å². The summed E-state index contributed by atoms with van der Waals surface area (Å²) in [5, 5.41) is 11.2. The Morgan fingerprint density at radius 2 is 2.13 bits per heavy atom. The average Bonchev–Trinajstić information content (AvgIpc) is 3.00. The van der Waals surface area contributed by atoms with Crippen LogP contribution in [0.4, 0.5) is 10.2 Å². The van der Waals surface area contributed by atoms with Crippen LogP contribution < -0.4 is 4.90 Å². The first-order valence-corrected chi connectivity index (χ1v) is 10.0. The van der Waals surface area contributed by atoms with Gasteiger partial charge in [0.25, 0.3) is 5.91 Å². The molecule has 2 aromatic heterocycles. The summed E-state index contributed by atoms with van der Waals surface area (Å²) in [6.07, 6.45) is 2.52. The molecule has 4 rings (SSSR count). The second kappa shape index (κ2) is 7.68. The number of carbonyl (C=O) groups is 1. The molecule has 158 valence electrons. The van der Waals surface area contributed by atoms with Crippen molar-refractivity contribution >= 4 is 22.8 Å². The Kier molecular flexibility index (Phi) is 5.19. The van der Waals surface area contributed by atoms with Gasteiger partial charge in [-0.2, -0.15) is 0 Å². The van der Waals surface area contributed by atoms with Gasteiger partial charge in [-0.25, -0.2) is 14.4 Å². The van der Waals surface area contributed by atoms with Crippen LogP contribution in [-0.2, 0) is 7.05 Å². The van der Waals surface area contributed by atoms with Crippen molar-refractivity contribution in [1.82, 2.24) is 19.4 Å². The monoisotopic (exact) mass is 411 g/mol. The highest BCUT2D eigenvalue weighted by Crippen LogP contribution is 2.26. The van der Waals surface area contributed by atoms with E-state index in [0.29, 0.717) is 24.3 Å². The Bertz CT molecular complexity index is 1080. The molecular weight excluding hydrogens is 385 g/mol. The first-order chi connectivity index (χ1) is 14.3. The summed E-state index contributed by atoms with van der Waals surface area (Å²) in [6, 6.07) is 8.46. The molecule has 0 spiro atoms. The molecule has 8 heteroatoms. The molecule has 1 aliphatic rings. The Labute approximate surface area is 174 Å². The SMILES string of the molecule is Cc1nc2cc(C(=O)N(C)C[C@@]3(O)CCCN(c4ccc(F)cn4)C3)ccc2n1C. The van der Waals surface area contributed by atoms with Gasteiger partial charge in [-0.3, -0.25) is 4.79 Å². The normalized spacial score (nSPS) is 19.3. The minimum atomic E-state index is -1.07. The topological polar surface area (TPSA) is 74.5 Å². The van der Waals surface area contributed by atoms with Gasteiger partial charge in [-0.15, -0.1) is 0 Å². The number of pyridine rings is 1. The fraction of sp³-hybridized carbons (Fsp3) is 0.409. The molecule has 0 aliphatic carbocycles. The summed E-state index contributed by atoms with van der Waals surface area (Å²) in [5.74, 6) is 0.954. The number of β-amino-alcohol motifs (C(OH)–C–C–N with tert-alkyl or cyclic N) is 1. The number of amides is 1. The lowest BCUT2D eigenvalue weighted by Crippen LogP contribution is -2.54. The number of aliphatic hydroxyl groups is 1. The van der Waals surface area contributed by atoms with Gasteiger partial charge in [-0.1, -0.05) is 0 Å². The number of piperidine rings is 1. The van der Waals surface area contributed by atoms with Crippen molar-refractivity contribution in [3.63, 3.8) is 0 Å². The van der Waals surface area contributed by atoms with E-state index in [1.54, 1.807) is 30.1 Å². The van der Waals surface area contributed by atoms with E-state index in [9.17, 15) is 14.3 Å². The van der Waals surface area contributed by atoms with Gasteiger partial charge in [0, 0.05) is 32.7 Å². The molecule has 3 aromatic rings. The summed E-state index contributed by atoms with van der Waals surface area (Å²) >= 11 is 0. The number of rotatable bonds is 4. The van der Waals surface area contributed by atoms with E-state index in [1.165, 1.54) is 12.3 Å². The second-order valence-corrected chi connectivity index (χ2v) is 8.17. The molecule has 1 atom stereocenters. The summed E-state index contributed by atoms with van der Waals surface area (Å²) in [5.41, 5.74) is 1.23. The zero-order valence-corrected chi connectivity index (χ0v) is 17.5. The molecule has 1 N–H and O–H groups in total. The number of carbonyl (C=O) groups excluding carboxylic acids is 1. The van der Waals surface area contributed by atoms with E-state index in [1.807, 2.05) is 29.5 Å². The van der Waals surface area contributed by atoms with E-state index in [2.05, 4.69) is 9.97 Å². The highest BCUT2D eigenvalue weighted by molar-refractivity contribution is 5.97. The Hall–Kier alpha value is -3.00. The quantitative estimate of drug-likeness (QED) is 0.714. The van der Waals surface area contributed by atoms with Gasteiger partial charge >= 0.3 is 0 Å². The molecule has 0 bridgehead atoms. The number of nitrogens with zero attached hydrogens (tertiary/aromatic N) is 5. The van der Waals surface area contributed by atoms with Gasteiger partial charge in [0.2, 0.25) is 0 Å². The maximum Gasteiger partial charge on any atom is 0.253 e. The summed E-state index contributed by atoms with van der Waals surface area (Å²) in [6.45, 7) is 3.19. The zero-order chi connectivity index (χ0) is 21.5. The molecule has 0 saturated carbocycles. The number of anilines is 1. The third-order valence-electron chi connectivity index (χ3n) is 5.82. The largest absolute Gasteiger partial charge is 0.386 e. The lowest BCUT2D eigenvalue weighted by Gasteiger charge is -2.41. The van der Waals surface area contributed by atoms with Crippen LogP contribution in [0, 0.1) is 12.7 Å².